The monoisotopic (exact) mass is 352 g/mol. The van der Waals surface area contributed by atoms with Crippen LogP contribution >= 0.6 is 0 Å². The molecule has 0 radical (unpaired) electrons. The maximum absolute atomic E-state index is 7.18. The van der Waals surface area contributed by atoms with Gasteiger partial charge in [-0.2, -0.15) is 0 Å². The standard InChI is InChI=1S/C22H28O2Si/c1-22(2,3)25(17-11-6-4-7-12-17,18-13-8-5-9-14-18)24-20-16-10-15-19-21(20)23-19/h4-9,11-14,19-21H,10,15-16H2,1-3H3. The van der Waals surface area contributed by atoms with E-state index in [2.05, 4.69) is 81.4 Å². The van der Waals surface area contributed by atoms with Crippen LogP contribution in [0.4, 0.5) is 0 Å². The van der Waals surface area contributed by atoms with E-state index in [1.54, 1.807) is 0 Å². The number of benzene rings is 2. The van der Waals surface area contributed by atoms with Gasteiger partial charge in [0, 0.05) is 0 Å². The van der Waals surface area contributed by atoms with Gasteiger partial charge in [-0.05, 0) is 34.7 Å². The highest BCUT2D eigenvalue weighted by atomic mass is 28.4. The highest BCUT2D eigenvalue weighted by molar-refractivity contribution is 6.99. The van der Waals surface area contributed by atoms with Crippen LogP contribution in [-0.2, 0) is 9.16 Å². The summed E-state index contributed by atoms with van der Waals surface area (Å²) < 4.78 is 13.1. The Morgan fingerprint density at radius 2 is 1.44 bits per heavy atom. The van der Waals surface area contributed by atoms with Crippen molar-refractivity contribution in [2.24, 2.45) is 0 Å². The first kappa shape index (κ1) is 17.0. The SMILES string of the molecule is CC(C)(C)[Si](OC1CCCC2OC21)(c1ccccc1)c1ccccc1. The molecule has 1 aliphatic heterocycles. The molecule has 2 fully saturated rings. The Kier molecular flexibility index (Phi) is 4.34. The zero-order valence-corrected chi connectivity index (χ0v) is 16.4. The normalized spacial score (nSPS) is 26.1. The molecule has 2 aromatic rings. The summed E-state index contributed by atoms with van der Waals surface area (Å²) in [6.45, 7) is 7.02. The maximum Gasteiger partial charge on any atom is 0.261 e. The molecular formula is C22H28O2Si. The van der Waals surface area contributed by atoms with Crippen LogP contribution in [0.2, 0.25) is 5.04 Å². The lowest BCUT2D eigenvalue weighted by atomic mass is 9.98. The molecule has 1 heterocycles. The smallest absolute Gasteiger partial charge is 0.261 e. The molecule has 2 aromatic carbocycles. The van der Waals surface area contributed by atoms with Gasteiger partial charge in [0.1, 0.15) is 6.10 Å². The fourth-order valence-electron chi connectivity index (χ4n) is 4.44. The van der Waals surface area contributed by atoms with Gasteiger partial charge in [-0.1, -0.05) is 81.4 Å². The Bertz CT molecular complexity index is 668. The van der Waals surface area contributed by atoms with Crippen LogP contribution < -0.4 is 10.4 Å². The van der Waals surface area contributed by atoms with E-state index < -0.39 is 8.32 Å². The van der Waals surface area contributed by atoms with Crippen molar-refractivity contribution in [3.8, 4) is 0 Å². The average Bonchev–Trinajstić information content (AvgIpc) is 3.40. The number of hydrogen-bond acceptors (Lipinski definition) is 2. The van der Waals surface area contributed by atoms with E-state index in [0.29, 0.717) is 12.2 Å². The lowest BCUT2D eigenvalue weighted by molar-refractivity contribution is 0.137. The van der Waals surface area contributed by atoms with Gasteiger partial charge in [0.05, 0.1) is 12.2 Å². The van der Waals surface area contributed by atoms with Crippen molar-refractivity contribution in [3.63, 3.8) is 0 Å². The van der Waals surface area contributed by atoms with Crippen LogP contribution in [0.15, 0.2) is 60.7 Å². The second-order valence-corrected chi connectivity index (χ2v) is 12.6. The number of ether oxygens (including phenoxy) is 1. The summed E-state index contributed by atoms with van der Waals surface area (Å²) >= 11 is 0. The van der Waals surface area contributed by atoms with Crippen LogP contribution in [-0.4, -0.2) is 26.6 Å². The molecule has 3 heteroatoms. The van der Waals surface area contributed by atoms with Gasteiger partial charge in [-0.15, -0.1) is 0 Å². The third-order valence-corrected chi connectivity index (χ3v) is 10.8. The van der Waals surface area contributed by atoms with Crippen LogP contribution in [0, 0.1) is 0 Å². The Morgan fingerprint density at radius 1 is 0.880 bits per heavy atom. The van der Waals surface area contributed by atoms with Gasteiger partial charge in [0.15, 0.2) is 0 Å². The minimum Gasteiger partial charge on any atom is -0.402 e. The molecule has 0 spiro atoms. The van der Waals surface area contributed by atoms with Crippen LogP contribution in [0.5, 0.6) is 0 Å². The molecule has 0 aromatic heterocycles. The first-order chi connectivity index (χ1) is 12.0. The Morgan fingerprint density at radius 3 is 1.96 bits per heavy atom. The zero-order valence-electron chi connectivity index (χ0n) is 15.4. The molecule has 3 unspecified atom stereocenters. The van der Waals surface area contributed by atoms with Crippen molar-refractivity contribution >= 4 is 18.7 Å². The Hall–Kier alpha value is -1.42. The van der Waals surface area contributed by atoms with Crippen molar-refractivity contribution in [2.45, 2.75) is 63.4 Å². The summed E-state index contributed by atoms with van der Waals surface area (Å²) in [6.07, 6.45) is 4.51. The largest absolute Gasteiger partial charge is 0.402 e. The second kappa shape index (κ2) is 6.38. The maximum atomic E-state index is 7.18. The van der Waals surface area contributed by atoms with Crippen molar-refractivity contribution < 1.29 is 9.16 Å². The Labute approximate surface area is 152 Å². The van der Waals surface area contributed by atoms with Crippen molar-refractivity contribution in [1.82, 2.24) is 0 Å². The van der Waals surface area contributed by atoms with Crippen molar-refractivity contribution in [2.75, 3.05) is 0 Å². The highest BCUT2D eigenvalue weighted by Gasteiger charge is 2.56. The first-order valence-electron chi connectivity index (χ1n) is 9.47. The van der Waals surface area contributed by atoms with Gasteiger partial charge in [0.2, 0.25) is 0 Å². The van der Waals surface area contributed by atoms with Crippen molar-refractivity contribution in [1.29, 1.82) is 0 Å². The lowest BCUT2D eigenvalue weighted by Gasteiger charge is -2.45. The third-order valence-electron chi connectivity index (χ3n) is 5.71. The number of fused-ring (bicyclic) bond motifs is 1. The molecule has 1 saturated carbocycles. The molecule has 2 nitrogen and oxygen atoms in total. The molecule has 4 rings (SSSR count). The quantitative estimate of drug-likeness (QED) is 0.615. The van der Waals surface area contributed by atoms with E-state index in [1.807, 2.05) is 0 Å². The number of hydrogen-bond donors (Lipinski definition) is 0. The number of rotatable bonds is 4. The predicted molar refractivity (Wildman–Crippen MR) is 105 cm³/mol. The predicted octanol–water partition coefficient (Wildman–Crippen LogP) is 3.88. The van der Waals surface area contributed by atoms with E-state index in [9.17, 15) is 0 Å². The van der Waals surface area contributed by atoms with Gasteiger partial charge >= 0.3 is 0 Å². The minimum atomic E-state index is -2.43. The minimum absolute atomic E-state index is 0.0392. The van der Waals surface area contributed by atoms with E-state index in [1.165, 1.54) is 23.2 Å². The molecule has 1 saturated heterocycles. The second-order valence-electron chi connectivity index (χ2n) is 8.39. The Balaban J connectivity index is 1.83. The number of epoxide rings is 1. The fraction of sp³-hybridized carbons (Fsp3) is 0.455. The van der Waals surface area contributed by atoms with Gasteiger partial charge < -0.3 is 9.16 Å². The summed E-state index contributed by atoms with van der Waals surface area (Å²) in [5.41, 5.74) is 0. The summed E-state index contributed by atoms with van der Waals surface area (Å²) in [5, 5.41) is 2.75. The van der Waals surface area contributed by atoms with Gasteiger partial charge in [0.25, 0.3) is 8.32 Å². The van der Waals surface area contributed by atoms with Crippen molar-refractivity contribution in [3.05, 3.63) is 60.7 Å². The summed E-state index contributed by atoms with van der Waals surface area (Å²) in [5.74, 6) is 0. The first-order valence-corrected chi connectivity index (χ1v) is 11.4. The highest BCUT2D eigenvalue weighted by Crippen LogP contribution is 2.43. The molecule has 0 N–H and O–H groups in total. The third kappa shape index (κ3) is 2.99. The summed E-state index contributed by atoms with van der Waals surface area (Å²) in [4.78, 5) is 0. The zero-order chi connectivity index (χ0) is 17.5. The van der Waals surface area contributed by atoms with E-state index in [-0.39, 0.29) is 11.1 Å². The fourth-order valence-corrected chi connectivity index (χ4v) is 9.17. The molecule has 2 aliphatic rings. The average molecular weight is 353 g/mol. The van der Waals surface area contributed by atoms with Crippen LogP contribution in [0.25, 0.3) is 0 Å². The molecule has 25 heavy (non-hydrogen) atoms. The van der Waals surface area contributed by atoms with Crippen LogP contribution in [0.3, 0.4) is 0 Å². The lowest BCUT2D eigenvalue weighted by Crippen LogP contribution is -2.68. The molecule has 0 bridgehead atoms. The van der Waals surface area contributed by atoms with Crippen LogP contribution in [0.1, 0.15) is 40.0 Å². The molecule has 0 amide bonds. The molecule has 1 aliphatic carbocycles. The van der Waals surface area contributed by atoms with Gasteiger partial charge in [-0.25, -0.2) is 0 Å². The van der Waals surface area contributed by atoms with E-state index in [0.717, 1.165) is 6.42 Å². The summed E-state index contributed by atoms with van der Waals surface area (Å²) in [6, 6.07) is 21.8. The summed E-state index contributed by atoms with van der Waals surface area (Å²) in [7, 11) is -2.43. The molecule has 132 valence electrons. The van der Waals surface area contributed by atoms with E-state index >= 15 is 0 Å². The van der Waals surface area contributed by atoms with E-state index in [4.69, 9.17) is 9.16 Å². The topological polar surface area (TPSA) is 21.8 Å². The van der Waals surface area contributed by atoms with Gasteiger partial charge in [-0.3, -0.25) is 0 Å². The molecular weight excluding hydrogens is 324 g/mol. The molecule has 3 atom stereocenters.